The lowest BCUT2D eigenvalue weighted by atomic mass is 9.73. The molecule has 4 amide bonds. The highest BCUT2D eigenvalue weighted by Crippen LogP contribution is 2.38. The van der Waals surface area contributed by atoms with Crippen LogP contribution in [0.15, 0.2) is 18.2 Å². The van der Waals surface area contributed by atoms with Crippen LogP contribution < -0.4 is 10.6 Å². The highest BCUT2D eigenvalue weighted by Gasteiger charge is 2.55. The predicted molar refractivity (Wildman–Crippen MR) is 101 cm³/mol. The molecule has 1 spiro atoms. The molecule has 1 saturated heterocycles. The summed E-state index contributed by atoms with van der Waals surface area (Å²) < 4.78 is 18.4. The number of imide groups is 1. The number of anilines is 1. The molecule has 0 aromatic heterocycles. The Morgan fingerprint density at radius 3 is 2.79 bits per heavy atom. The molecule has 0 radical (unpaired) electrons. The Hall–Kier alpha value is -2.97. The molecule has 1 heterocycles. The number of hydrogen-bond donors (Lipinski definition) is 2. The minimum Gasteiger partial charge on any atom is -0.454 e. The number of urea groups is 1. The zero-order valence-corrected chi connectivity index (χ0v) is 16.4. The zero-order valence-electron chi connectivity index (χ0n) is 16.4. The van der Waals surface area contributed by atoms with E-state index < -0.39 is 48.3 Å². The Morgan fingerprint density at radius 2 is 2.10 bits per heavy atom. The van der Waals surface area contributed by atoms with Gasteiger partial charge < -0.3 is 15.4 Å². The van der Waals surface area contributed by atoms with E-state index in [2.05, 4.69) is 10.6 Å². The molecule has 156 valence electrons. The maximum atomic E-state index is 13.5. The summed E-state index contributed by atoms with van der Waals surface area (Å²) in [5.41, 5.74) is -0.285. The summed E-state index contributed by atoms with van der Waals surface area (Å²) in [6.45, 7) is 2.33. The van der Waals surface area contributed by atoms with Crippen LogP contribution in [0.4, 0.5) is 14.9 Å². The number of amides is 4. The smallest absolute Gasteiger partial charge is 0.326 e. The number of halogens is 1. The van der Waals surface area contributed by atoms with Gasteiger partial charge in [-0.1, -0.05) is 25.8 Å². The molecular formula is C20H24FN3O5. The SMILES string of the molecule is Cc1ccc(NC(=O)COC(=O)CN2C(=O)N[C@@]3(CCCC[C@H]3C)C2=O)cc1F. The molecule has 1 aromatic carbocycles. The van der Waals surface area contributed by atoms with E-state index in [1.54, 1.807) is 6.92 Å². The molecule has 1 aromatic rings. The lowest BCUT2D eigenvalue weighted by molar-refractivity contribution is -0.150. The summed E-state index contributed by atoms with van der Waals surface area (Å²) in [5.74, 6) is -2.44. The van der Waals surface area contributed by atoms with E-state index in [1.807, 2.05) is 6.92 Å². The van der Waals surface area contributed by atoms with Gasteiger partial charge in [0.1, 0.15) is 17.9 Å². The first-order chi connectivity index (χ1) is 13.7. The van der Waals surface area contributed by atoms with Gasteiger partial charge in [-0.05, 0) is 43.4 Å². The molecule has 29 heavy (non-hydrogen) atoms. The fourth-order valence-corrected chi connectivity index (χ4v) is 3.83. The van der Waals surface area contributed by atoms with Crippen molar-refractivity contribution in [3.05, 3.63) is 29.6 Å². The lowest BCUT2D eigenvalue weighted by Gasteiger charge is -2.36. The van der Waals surface area contributed by atoms with Crippen LogP contribution in [0.5, 0.6) is 0 Å². The largest absolute Gasteiger partial charge is 0.454 e. The molecule has 2 atom stereocenters. The van der Waals surface area contributed by atoms with Crippen LogP contribution in [0.1, 0.15) is 38.2 Å². The number of nitrogens with zero attached hydrogens (tertiary/aromatic N) is 1. The Bertz CT molecular complexity index is 859. The van der Waals surface area contributed by atoms with Gasteiger partial charge in [-0.3, -0.25) is 19.3 Å². The standard InChI is InChI=1S/C20H24FN3O5/c1-12-6-7-14(9-15(12)21)22-16(25)11-29-17(26)10-24-18(27)20(23-19(24)28)8-4-3-5-13(20)2/h6-7,9,13H,3-5,8,10-11H2,1-2H3,(H,22,25)(H,23,28)/t13-,20-/m1/s1. The number of esters is 1. The van der Waals surface area contributed by atoms with Crippen molar-refractivity contribution in [2.45, 2.75) is 45.1 Å². The second-order valence-electron chi connectivity index (χ2n) is 7.61. The average Bonchev–Trinajstić information content (AvgIpc) is 2.90. The summed E-state index contributed by atoms with van der Waals surface area (Å²) in [5, 5.41) is 5.16. The first kappa shape index (κ1) is 20.8. The summed E-state index contributed by atoms with van der Waals surface area (Å²) in [7, 11) is 0. The number of rotatable bonds is 5. The van der Waals surface area contributed by atoms with Crippen LogP contribution in [0, 0.1) is 18.7 Å². The summed E-state index contributed by atoms with van der Waals surface area (Å²) >= 11 is 0. The number of benzene rings is 1. The van der Waals surface area contributed by atoms with E-state index in [1.165, 1.54) is 12.1 Å². The minimum atomic E-state index is -0.956. The Kier molecular flexibility index (Phi) is 5.86. The number of carbonyl (C=O) groups is 4. The molecule has 2 fully saturated rings. The molecular weight excluding hydrogens is 381 g/mol. The first-order valence-electron chi connectivity index (χ1n) is 9.58. The fraction of sp³-hybridized carbons (Fsp3) is 0.500. The third-order valence-electron chi connectivity index (χ3n) is 5.61. The van der Waals surface area contributed by atoms with Gasteiger partial charge in [0.25, 0.3) is 11.8 Å². The molecule has 9 heteroatoms. The zero-order chi connectivity index (χ0) is 21.2. The second-order valence-corrected chi connectivity index (χ2v) is 7.61. The Labute approximate surface area is 167 Å². The van der Waals surface area contributed by atoms with E-state index in [4.69, 9.17) is 4.74 Å². The fourth-order valence-electron chi connectivity index (χ4n) is 3.83. The number of carbonyl (C=O) groups excluding carboxylic acids is 4. The molecule has 0 unspecified atom stereocenters. The van der Waals surface area contributed by atoms with Crippen molar-refractivity contribution in [2.24, 2.45) is 5.92 Å². The maximum Gasteiger partial charge on any atom is 0.326 e. The van der Waals surface area contributed by atoms with E-state index in [0.29, 0.717) is 12.0 Å². The van der Waals surface area contributed by atoms with Gasteiger partial charge in [-0.25, -0.2) is 9.18 Å². The van der Waals surface area contributed by atoms with Crippen LogP contribution in [-0.2, 0) is 19.1 Å². The highest BCUT2D eigenvalue weighted by molar-refractivity contribution is 6.09. The number of nitrogens with one attached hydrogen (secondary N) is 2. The average molecular weight is 405 g/mol. The van der Waals surface area contributed by atoms with Crippen molar-refractivity contribution in [2.75, 3.05) is 18.5 Å². The Morgan fingerprint density at radius 1 is 1.34 bits per heavy atom. The minimum absolute atomic E-state index is 0.0191. The number of ether oxygens (including phenoxy) is 1. The first-order valence-corrected chi connectivity index (χ1v) is 9.58. The molecule has 2 N–H and O–H groups in total. The molecule has 1 saturated carbocycles. The van der Waals surface area contributed by atoms with Gasteiger partial charge in [-0.15, -0.1) is 0 Å². The van der Waals surface area contributed by atoms with Gasteiger partial charge in [0.05, 0.1) is 0 Å². The topological polar surface area (TPSA) is 105 Å². The summed E-state index contributed by atoms with van der Waals surface area (Å²) in [6, 6.07) is 3.57. The summed E-state index contributed by atoms with van der Waals surface area (Å²) in [6.07, 6.45) is 3.19. The lowest BCUT2D eigenvalue weighted by Crippen LogP contribution is -2.54. The van der Waals surface area contributed by atoms with E-state index in [0.717, 1.165) is 30.2 Å². The van der Waals surface area contributed by atoms with Crippen LogP contribution >= 0.6 is 0 Å². The van der Waals surface area contributed by atoms with Crippen molar-refractivity contribution in [3.63, 3.8) is 0 Å². The molecule has 3 rings (SSSR count). The molecule has 1 aliphatic heterocycles. The van der Waals surface area contributed by atoms with Gasteiger partial charge >= 0.3 is 12.0 Å². The normalized spacial score (nSPS) is 23.8. The van der Waals surface area contributed by atoms with Crippen molar-refractivity contribution in [3.8, 4) is 0 Å². The number of aryl methyl sites for hydroxylation is 1. The predicted octanol–water partition coefficient (Wildman–Crippen LogP) is 2.12. The molecule has 2 aliphatic rings. The van der Waals surface area contributed by atoms with Crippen molar-refractivity contribution in [1.82, 2.24) is 10.2 Å². The second kappa shape index (κ2) is 8.18. The van der Waals surface area contributed by atoms with E-state index in [-0.39, 0.29) is 11.6 Å². The quantitative estimate of drug-likeness (QED) is 0.577. The molecule has 0 bridgehead atoms. The highest BCUT2D eigenvalue weighted by atomic mass is 19.1. The summed E-state index contributed by atoms with van der Waals surface area (Å²) in [4.78, 5) is 49.8. The molecule has 1 aliphatic carbocycles. The van der Waals surface area contributed by atoms with Gasteiger partial charge in [-0.2, -0.15) is 0 Å². The third kappa shape index (κ3) is 4.23. The van der Waals surface area contributed by atoms with Crippen LogP contribution in [0.3, 0.4) is 0 Å². The Balaban J connectivity index is 1.52. The van der Waals surface area contributed by atoms with Crippen molar-refractivity contribution in [1.29, 1.82) is 0 Å². The number of hydrogen-bond acceptors (Lipinski definition) is 5. The third-order valence-corrected chi connectivity index (χ3v) is 5.61. The van der Waals surface area contributed by atoms with E-state index >= 15 is 0 Å². The maximum absolute atomic E-state index is 13.5. The monoisotopic (exact) mass is 405 g/mol. The van der Waals surface area contributed by atoms with Crippen LogP contribution in [-0.4, -0.2) is 47.4 Å². The van der Waals surface area contributed by atoms with E-state index in [9.17, 15) is 23.6 Å². The van der Waals surface area contributed by atoms with Gasteiger partial charge in [0.2, 0.25) is 0 Å². The van der Waals surface area contributed by atoms with Gasteiger partial charge in [0, 0.05) is 5.69 Å². The van der Waals surface area contributed by atoms with Crippen molar-refractivity contribution >= 4 is 29.5 Å². The molecule has 8 nitrogen and oxygen atoms in total. The van der Waals surface area contributed by atoms with Crippen molar-refractivity contribution < 1.29 is 28.3 Å². The van der Waals surface area contributed by atoms with Crippen LogP contribution in [0.25, 0.3) is 0 Å². The van der Waals surface area contributed by atoms with Crippen LogP contribution in [0.2, 0.25) is 0 Å². The van der Waals surface area contributed by atoms with Gasteiger partial charge in [0.15, 0.2) is 6.61 Å².